The van der Waals surface area contributed by atoms with Gasteiger partial charge in [0.15, 0.2) is 0 Å². The molecular formula is C27H32F6N4O4. The number of ether oxygens (including phenoxy) is 1. The molecule has 0 unspecified atom stereocenters. The van der Waals surface area contributed by atoms with E-state index in [1.807, 2.05) is 4.90 Å². The molecule has 8 nitrogen and oxygen atoms in total. The summed E-state index contributed by atoms with van der Waals surface area (Å²) < 4.78 is 84.3. The van der Waals surface area contributed by atoms with Gasteiger partial charge in [0.05, 0.1) is 17.2 Å². The second-order valence-electron chi connectivity index (χ2n) is 10.2. The number of benzene rings is 2. The molecule has 0 bridgehead atoms. The molecule has 2 aromatic carbocycles. The minimum Gasteiger partial charge on any atom is -0.382 e. The van der Waals surface area contributed by atoms with Gasteiger partial charge in [-0.05, 0) is 74.6 Å². The molecular weight excluding hydrogens is 558 g/mol. The number of carbonyl (C=O) groups is 1. The molecule has 2 fully saturated rings. The Balaban J connectivity index is 1.21. The summed E-state index contributed by atoms with van der Waals surface area (Å²) >= 11 is 0. The monoisotopic (exact) mass is 590 g/mol. The van der Waals surface area contributed by atoms with Gasteiger partial charge < -0.3 is 19.9 Å². The predicted octanol–water partition coefficient (Wildman–Crippen LogP) is 5.79. The summed E-state index contributed by atoms with van der Waals surface area (Å²) in [7, 11) is 0. The van der Waals surface area contributed by atoms with Crippen molar-refractivity contribution in [3.8, 4) is 0 Å². The van der Waals surface area contributed by atoms with Gasteiger partial charge in [0, 0.05) is 43.6 Å². The molecule has 14 heteroatoms. The molecule has 0 radical (unpaired) electrons. The second kappa shape index (κ2) is 12.7. The fourth-order valence-electron chi connectivity index (χ4n) is 5.20. The second-order valence-corrected chi connectivity index (χ2v) is 10.2. The Labute approximate surface area is 233 Å². The SMILES string of the molecule is O=C(COC1CCC(Nc2ccc(N(O)O)c(C(F)(F)F)c2)CC1)N1CCCN(c2ccc(C(F)(F)F)cc2)CC1. The molecule has 1 aliphatic carbocycles. The summed E-state index contributed by atoms with van der Waals surface area (Å²) in [6.07, 6.45) is -6.24. The third kappa shape index (κ3) is 8.17. The lowest BCUT2D eigenvalue weighted by Crippen LogP contribution is -2.39. The van der Waals surface area contributed by atoms with E-state index < -0.39 is 34.4 Å². The van der Waals surface area contributed by atoms with E-state index in [-0.39, 0.29) is 30.3 Å². The topological polar surface area (TPSA) is 88.5 Å². The van der Waals surface area contributed by atoms with Crippen LogP contribution in [0, 0.1) is 0 Å². The zero-order valence-electron chi connectivity index (χ0n) is 22.1. The Morgan fingerprint density at radius 1 is 0.902 bits per heavy atom. The summed E-state index contributed by atoms with van der Waals surface area (Å²) in [6, 6.07) is 8.01. The third-order valence-electron chi connectivity index (χ3n) is 7.41. The van der Waals surface area contributed by atoms with Crippen LogP contribution in [-0.4, -0.2) is 66.2 Å². The van der Waals surface area contributed by atoms with Crippen molar-refractivity contribution in [1.29, 1.82) is 0 Å². The van der Waals surface area contributed by atoms with Crippen LogP contribution in [0.3, 0.4) is 0 Å². The largest absolute Gasteiger partial charge is 0.418 e. The first-order valence-corrected chi connectivity index (χ1v) is 13.3. The van der Waals surface area contributed by atoms with Crippen molar-refractivity contribution in [1.82, 2.24) is 4.90 Å². The van der Waals surface area contributed by atoms with Gasteiger partial charge in [-0.3, -0.25) is 15.2 Å². The Morgan fingerprint density at radius 3 is 2.20 bits per heavy atom. The average Bonchev–Trinajstić information content (AvgIpc) is 3.18. The highest BCUT2D eigenvalue weighted by molar-refractivity contribution is 5.77. The van der Waals surface area contributed by atoms with Gasteiger partial charge in [-0.1, -0.05) is 0 Å². The molecule has 3 N–H and O–H groups in total. The van der Waals surface area contributed by atoms with Crippen LogP contribution in [0.25, 0.3) is 0 Å². The van der Waals surface area contributed by atoms with Gasteiger partial charge in [-0.2, -0.15) is 26.3 Å². The Morgan fingerprint density at radius 2 is 1.59 bits per heavy atom. The van der Waals surface area contributed by atoms with Gasteiger partial charge >= 0.3 is 12.4 Å². The highest BCUT2D eigenvalue weighted by Crippen LogP contribution is 2.38. The van der Waals surface area contributed by atoms with Crippen LogP contribution in [0.15, 0.2) is 42.5 Å². The molecule has 4 rings (SSSR count). The molecule has 1 amide bonds. The number of hydrogen-bond donors (Lipinski definition) is 3. The molecule has 0 aromatic heterocycles. The molecule has 1 saturated carbocycles. The number of anilines is 3. The highest BCUT2D eigenvalue weighted by atomic mass is 19.4. The molecule has 1 heterocycles. The maximum absolute atomic E-state index is 13.3. The zero-order chi connectivity index (χ0) is 29.8. The number of rotatable bonds is 7. The number of alkyl halides is 6. The van der Waals surface area contributed by atoms with Crippen LogP contribution in [0.5, 0.6) is 0 Å². The van der Waals surface area contributed by atoms with Crippen molar-refractivity contribution >= 4 is 23.0 Å². The molecule has 0 spiro atoms. The first kappa shape index (κ1) is 30.7. The summed E-state index contributed by atoms with van der Waals surface area (Å²) in [5.41, 5.74) is -1.79. The van der Waals surface area contributed by atoms with Crippen molar-refractivity contribution in [2.75, 3.05) is 48.2 Å². The molecule has 1 saturated heterocycles. The lowest BCUT2D eigenvalue weighted by Gasteiger charge is -2.30. The number of nitrogens with zero attached hydrogens (tertiary/aromatic N) is 3. The van der Waals surface area contributed by atoms with Crippen LogP contribution >= 0.6 is 0 Å². The van der Waals surface area contributed by atoms with Crippen LogP contribution in [0.1, 0.15) is 43.2 Å². The van der Waals surface area contributed by atoms with Crippen molar-refractivity contribution < 1.29 is 46.3 Å². The first-order valence-electron chi connectivity index (χ1n) is 13.3. The van der Waals surface area contributed by atoms with E-state index in [0.29, 0.717) is 64.0 Å². The normalized spacial score (nSPS) is 20.5. The number of amides is 1. The van der Waals surface area contributed by atoms with E-state index in [4.69, 9.17) is 15.2 Å². The van der Waals surface area contributed by atoms with Crippen LogP contribution in [0.4, 0.5) is 43.4 Å². The fourth-order valence-corrected chi connectivity index (χ4v) is 5.20. The number of nitrogens with one attached hydrogen (secondary N) is 1. The predicted molar refractivity (Wildman–Crippen MR) is 138 cm³/mol. The van der Waals surface area contributed by atoms with Crippen molar-refractivity contribution in [2.45, 2.75) is 56.6 Å². The Kier molecular flexibility index (Phi) is 9.55. The highest BCUT2D eigenvalue weighted by Gasteiger charge is 2.36. The van der Waals surface area contributed by atoms with Crippen molar-refractivity contribution in [2.24, 2.45) is 0 Å². The van der Waals surface area contributed by atoms with E-state index in [2.05, 4.69) is 5.32 Å². The van der Waals surface area contributed by atoms with Gasteiger partial charge in [0.2, 0.25) is 5.91 Å². The van der Waals surface area contributed by atoms with Gasteiger partial charge in [-0.25, -0.2) is 0 Å². The summed E-state index contributed by atoms with van der Waals surface area (Å²) in [5, 5.41) is 20.7. The quantitative estimate of drug-likeness (QED) is 0.278. The van der Waals surface area contributed by atoms with E-state index in [1.54, 1.807) is 4.90 Å². The molecule has 1 aliphatic heterocycles. The Hall–Kier alpha value is -3.23. The van der Waals surface area contributed by atoms with Gasteiger partial charge in [0.1, 0.15) is 12.3 Å². The van der Waals surface area contributed by atoms with E-state index in [0.717, 1.165) is 24.3 Å². The summed E-state index contributed by atoms with van der Waals surface area (Å²) in [4.78, 5) is 16.4. The van der Waals surface area contributed by atoms with Crippen molar-refractivity contribution in [3.63, 3.8) is 0 Å². The van der Waals surface area contributed by atoms with Gasteiger partial charge in [-0.15, -0.1) is 5.23 Å². The standard InChI is InChI=1S/C27H32F6N4O4/c28-26(29,30)18-2-7-21(8-3-18)35-12-1-13-36(15-14-35)25(38)17-41-22-9-4-19(5-10-22)34-20-6-11-24(37(39)40)23(16-20)27(31,32)33/h2-3,6-8,11,16,19,22,34,39-40H,1,4-5,9-10,12-15,17H2. The van der Waals surface area contributed by atoms with Gasteiger partial charge in [0.25, 0.3) is 0 Å². The van der Waals surface area contributed by atoms with E-state index in [9.17, 15) is 31.1 Å². The van der Waals surface area contributed by atoms with Crippen LogP contribution in [-0.2, 0) is 21.9 Å². The maximum Gasteiger partial charge on any atom is 0.418 e. The van der Waals surface area contributed by atoms with E-state index >= 15 is 0 Å². The summed E-state index contributed by atoms with van der Waals surface area (Å²) in [6.45, 7) is 1.93. The number of hydrogen-bond acceptors (Lipinski definition) is 7. The van der Waals surface area contributed by atoms with Crippen molar-refractivity contribution in [3.05, 3.63) is 53.6 Å². The number of carbonyl (C=O) groups excluding carboxylic acids is 1. The minimum atomic E-state index is -4.78. The fraction of sp³-hybridized carbons (Fsp3) is 0.519. The lowest BCUT2D eigenvalue weighted by molar-refractivity contribution is -0.139. The number of halogens is 6. The lowest BCUT2D eigenvalue weighted by atomic mass is 9.92. The smallest absolute Gasteiger partial charge is 0.382 e. The molecule has 2 aliphatic rings. The average molecular weight is 591 g/mol. The molecule has 0 atom stereocenters. The molecule has 2 aromatic rings. The maximum atomic E-state index is 13.3. The van der Waals surface area contributed by atoms with E-state index in [1.165, 1.54) is 18.2 Å². The van der Waals surface area contributed by atoms with Crippen LogP contribution < -0.4 is 15.4 Å². The Bertz CT molecular complexity index is 1170. The first-order chi connectivity index (χ1) is 19.3. The minimum absolute atomic E-state index is 0.0989. The molecule has 226 valence electrons. The molecule has 41 heavy (non-hydrogen) atoms. The summed E-state index contributed by atoms with van der Waals surface area (Å²) in [5.74, 6) is -0.166. The third-order valence-corrected chi connectivity index (χ3v) is 7.41. The van der Waals surface area contributed by atoms with Crippen LogP contribution in [0.2, 0.25) is 0 Å². The zero-order valence-corrected chi connectivity index (χ0v) is 22.1.